The summed E-state index contributed by atoms with van der Waals surface area (Å²) in [7, 11) is 0.0541. The molecule has 4 aromatic rings. The van der Waals surface area contributed by atoms with Gasteiger partial charge in [0.1, 0.15) is 0 Å². The SMILES string of the molecule is CNCc1cn(S(=O)(=O)c2cccc3c2ccn3C)c2c1CCCc1ccccc1-2.Cl. The normalized spacial score (nSPS) is 13.4. The van der Waals surface area contributed by atoms with E-state index in [0.29, 0.717) is 11.4 Å². The average Bonchev–Trinajstić information content (AvgIpc) is 3.24. The number of rotatable bonds is 4. The maximum absolute atomic E-state index is 14.0. The third kappa shape index (κ3) is 3.39. The highest BCUT2D eigenvalue weighted by molar-refractivity contribution is 7.90. The molecule has 0 atom stereocenters. The van der Waals surface area contributed by atoms with Gasteiger partial charge in [-0.25, -0.2) is 12.4 Å². The summed E-state index contributed by atoms with van der Waals surface area (Å²) in [5.74, 6) is 0. The van der Waals surface area contributed by atoms with Crippen LogP contribution in [0.3, 0.4) is 0 Å². The zero-order chi connectivity index (χ0) is 20.9. The molecule has 2 aromatic heterocycles. The minimum absolute atomic E-state index is 0. The largest absolute Gasteiger partial charge is 0.351 e. The Morgan fingerprint density at radius 2 is 1.84 bits per heavy atom. The highest BCUT2D eigenvalue weighted by Gasteiger charge is 2.29. The molecule has 0 bridgehead atoms. The number of hydrogen-bond acceptors (Lipinski definition) is 3. The Morgan fingerprint density at radius 3 is 2.65 bits per heavy atom. The van der Waals surface area contributed by atoms with Crippen molar-refractivity contribution in [1.29, 1.82) is 0 Å². The van der Waals surface area contributed by atoms with Crippen molar-refractivity contribution in [3.8, 4) is 11.3 Å². The minimum Gasteiger partial charge on any atom is -0.351 e. The maximum atomic E-state index is 14.0. The van der Waals surface area contributed by atoms with Crippen LogP contribution in [0.1, 0.15) is 23.1 Å². The van der Waals surface area contributed by atoms with Crippen molar-refractivity contribution in [2.75, 3.05) is 7.05 Å². The van der Waals surface area contributed by atoms with E-state index in [4.69, 9.17) is 0 Å². The van der Waals surface area contributed by atoms with Crippen molar-refractivity contribution in [2.24, 2.45) is 7.05 Å². The summed E-state index contributed by atoms with van der Waals surface area (Å²) in [6.07, 6.45) is 6.57. The van der Waals surface area contributed by atoms with Crippen molar-refractivity contribution in [3.63, 3.8) is 0 Å². The fraction of sp³-hybridized carbons (Fsp3) is 0.250. The Labute approximate surface area is 189 Å². The zero-order valence-electron chi connectivity index (χ0n) is 17.6. The number of nitrogens with one attached hydrogen (secondary N) is 1. The number of hydrogen-bond donors (Lipinski definition) is 1. The molecule has 5 rings (SSSR count). The molecule has 0 saturated heterocycles. The number of aromatic nitrogens is 2. The fourth-order valence-corrected chi connectivity index (χ4v) is 6.32. The van der Waals surface area contributed by atoms with Gasteiger partial charge in [-0.2, -0.15) is 0 Å². The second-order valence-electron chi connectivity index (χ2n) is 7.94. The predicted molar refractivity (Wildman–Crippen MR) is 127 cm³/mol. The van der Waals surface area contributed by atoms with Crippen molar-refractivity contribution in [2.45, 2.75) is 30.7 Å². The summed E-state index contributed by atoms with van der Waals surface area (Å²) in [6.45, 7) is 0.641. The summed E-state index contributed by atoms with van der Waals surface area (Å²) in [5, 5.41) is 3.95. The van der Waals surface area contributed by atoms with Gasteiger partial charge in [0.05, 0.1) is 10.6 Å². The number of aryl methyl sites for hydroxylation is 2. The Balaban J connectivity index is 0.00000231. The molecule has 1 N–H and O–H groups in total. The second kappa shape index (κ2) is 8.19. The van der Waals surface area contributed by atoms with Crippen LogP contribution in [0.5, 0.6) is 0 Å². The van der Waals surface area contributed by atoms with Gasteiger partial charge in [0.25, 0.3) is 10.0 Å². The van der Waals surface area contributed by atoms with Crippen molar-refractivity contribution >= 4 is 33.3 Å². The topological polar surface area (TPSA) is 56.0 Å². The summed E-state index contributed by atoms with van der Waals surface area (Å²) in [6, 6.07) is 15.6. The van der Waals surface area contributed by atoms with Crippen molar-refractivity contribution in [3.05, 3.63) is 77.6 Å². The Bertz CT molecular complexity index is 1370. The van der Waals surface area contributed by atoms with Gasteiger partial charge in [-0.1, -0.05) is 30.3 Å². The first-order valence-corrected chi connectivity index (χ1v) is 11.7. The molecule has 0 radical (unpaired) electrons. The van der Waals surface area contributed by atoms with Gasteiger partial charge in [-0.3, -0.25) is 0 Å². The van der Waals surface area contributed by atoms with Crippen LogP contribution in [0, 0.1) is 0 Å². The summed E-state index contributed by atoms with van der Waals surface area (Å²) in [4.78, 5) is 0.344. The molecule has 0 fully saturated rings. The van der Waals surface area contributed by atoms with Gasteiger partial charge in [-0.15, -0.1) is 12.4 Å². The van der Waals surface area contributed by atoms with Crippen LogP contribution >= 0.6 is 12.4 Å². The molecular weight excluding hydrogens is 430 g/mol. The van der Waals surface area contributed by atoms with Crippen LogP contribution in [0.25, 0.3) is 22.2 Å². The molecule has 5 nitrogen and oxygen atoms in total. The van der Waals surface area contributed by atoms with Gasteiger partial charge in [0.2, 0.25) is 0 Å². The fourth-order valence-electron chi connectivity index (χ4n) is 4.69. The molecule has 2 aromatic carbocycles. The molecule has 2 heterocycles. The highest BCUT2D eigenvalue weighted by Crippen LogP contribution is 2.38. The Morgan fingerprint density at radius 1 is 1.03 bits per heavy atom. The molecule has 31 heavy (non-hydrogen) atoms. The molecular formula is C24H26ClN3O2S. The van der Waals surface area contributed by atoms with Crippen molar-refractivity contribution < 1.29 is 8.42 Å². The lowest BCUT2D eigenvalue weighted by Crippen LogP contribution is -2.14. The van der Waals surface area contributed by atoms with Crippen LogP contribution in [0.2, 0.25) is 0 Å². The first-order valence-electron chi connectivity index (χ1n) is 10.3. The predicted octanol–water partition coefficient (Wildman–Crippen LogP) is 4.51. The van der Waals surface area contributed by atoms with E-state index in [-0.39, 0.29) is 12.4 Å². The Hall–Kier alpha value is -2.54. The van der Waals surface area contributed by atoms with E-state index in [0.717, 1.165) is 52.5 Å². The number of benzene rings is 2. The number of halogens is 1. The van der Waals surface area contributed by atoms with E-state index >= 15 is 0 Å². The molecule has 1 aliphatic carbocycles. The third-order valence-corrected chi connectivity index (χ3v) is 7.82. The van der Waals surface area contributed by atoms with Crippen molar-refractivity contribution in [1.82, 2.24) is 13.9 Å². The lowest BCUT2D eigenvalue weighted by atomic mass is 10.0. The van der Waals surface area contributed by atoms with Gasteiger partial charge in [0, 0.05) is 42.5 Å². The summed E-state index contributed by atoms with van der Waals surface area (Å²) in [5.41, 5.74) is 6.15. The van der Waals surface area contributed by atoms with E-state index < -0.39 is 10.0 Å². The molecule has 1 aliphatic rings. The van der Waals surface area contributed by atoms with Gasteiger partial charge in [-0.05, 0) is 61.2 Å². The van der Waals surface area contributed by atoms with Gasteiger partial charge < -0.3 is 9.88 Å². The van der Waals surface area contributed by atoms with Crippen LogP contribution in [0.15, 0.2) is 65.8 Å². The van der Waals surface area contributed by atoms with E-state index in [2.05, 4.69) is 17.4 Å². The van der Waals surface area contributed by atoms with Crippen LogP contribution in [0.4, 0.5) is 0 Å². The molecule has 0 spiro atoms. The van der Waals surface area contributed by atoms with E-state index in [1.807, 2.05) is 61.4 Å². The molecule has 0 saturated carbocycles. The van der Waals surface area contributed by atoms with Crippen LogP contribution < -0.4 is 5.32 Å². The zero-order valence-corrected chi connectivity index (χ0v) is 19.3. The first kappa shape index (κ1) is 21.7. The highest BCUT2D eigenvalue weighted by atomic mass is 35.5. The summed E-state index contributed by atoms with van der Waals surface area (Å²) >= 11 is 0. The first-order chi connectivity index (χ1) is 14.5. The summed E-state index contributed by atoms with van der Waals surface area (Å²) < 4.78 is 31.5. The van der Waals surface area contributed by atoms with Crippen LogP contribution in [-0.4, -0.2) is 24.0 Å². The van der Waals surface area contributed by atoms with Gasteiger partial charge in [0.15, 0.2) is 0 Å². The maximum Gasteiger partial charge on any atom is 0.268 e. The molecule has 162 valence electrons. The van der Waals surface area contributed by atoms with E-state index in [9.17, 15) is 8.42 Å². The number of fused-ring (bicyclic) bond motifs is 4. The molecule has 0 unspecified atom stereocenters. The average molecular weight is 456 g/mol. The van der Waals surface area contributed by atoms with E-state index in [1.54, 1.807) is 6.07 Å². The van der Waals surface area contributed by atoms with Crippen LogP contribution in [-0.2, 0) is 36.5 Å². The Kier molecular flexibility index (Phi) is 5.73. The lowest BCUT2D eigenvalue weighted by Gasteiger charge is -2.14. The quantitative estimate of drug-likeness (QED) is 0.492. The standard InChI is InChI=1S/C24H25N3O2S.ClH/c1-25-15-18-16-27(24-19-9-4-3-7-17(19)8-5-10-20(18)24)30(28,29)23-12-6-11-22-21(23)13-14-26(22)2;/h3-4,6-7,9,11-14,16,25H,5,8,10,15H2,1-2H3;1H. The van der Waals surface area contributed by atoms with E-state index in [1.165, 1.54) is 9.54 Å². The minimum atomic E-state index is -3.77. The van der Waals surface area contributed by atoms with Gasteiger partial charge >= 0.3 is 0 Å². The smallest absolute Gasteiger partial charge is 0.268 e. The monoisotopic (exact) mass is 455 g/mol. The molecule has 0 aliphatic heterocycles. The lowest BCUT2D eigenvalue weighted by molar-refractivity contribution is 0.588. The second-order valence-corrected chi connectivity index (χ2v) is 9.72. The molecule has 7 heteroatoms. The number of nitrogens with zero attached hydrogens (tertiary/aromatic N) is 2. The third-order valence-electron chi connectivity index (χ3n) is 6.10. The molecule has 0 amide bonds.